The monoisotopic (exact) mass is 259 g/mol. The molecule has 1 unspecified atom stereocenters. The van der Waals surface area contributed by atoms with Crippen molar-refractivity contribution in [3.8, 4) is 0 Å². The van der Waals surface area contributed by atoms with Crippen LogP contribution in [0.15, 0.2) is 24.5 Å². The Morgan fingerprint density at radius 3 is 2.74 bits per heavy atom. The van der Waals surface area contributed by atoms with Crippen LogP contribution in [0.3, 0.4) is 0 Å². The third kappa shape index (κ3) is 3.17. The van der Waals surface area contributed by atoms with Crippen LogP contribution >= 0.6 is 0 Å². The van der Waals surface area contributed by atoms with E-state index < -0.39 is 0 Å². The topological polar surface area (TPSA) is 55.6 Å². The molecule has 2 aromatic rings. The van der Waals surface area contributed by atoms with Gasteiger partial charge in [-0.3, -0.25) is 4.68 Å². The minimum atomic E-state index is 0.238. The zero-order valence-electron chi connectivity index (χ0n) is 11.8. The second kappa shape index (κ2) is 6.43. The maximum Gasteiger partial charge on any atom is 0.0624 e. The summed E-state index contributed by atoms with van der Waals surface area (Å²) in [4.78, 5) is 0. The van der Waals surface area contributed by atoms with Crippen molar-refractivity contribution in [2.45, 2.75) is 39.3 Å². The summed E-state index contributed by atoms with van der Waals surface area (Å²) in [7, 11) is 1.97. The molecule has 2 heterocycles. The lowest BCUT2D eigenvalue weighted by molar-refractivity contribution is 0.538. The molecule has 5 heteroatoms. The Morgan fingerprint density at radius 2 is 2.16 bits per heavy atom. The van der Waals surface area contributed by atoms with E-state index in [0.717, 1.165) is 30.6 Å². The quantitative estimate of drug-likeness (QED) is 0.859. The Balaban J connectivity index is 2.21. The van der Waals surface area contributed by atoms with Gasteiger partial charge in [0.1, 0.15) is 0 Å². The summed E-state index contributed by atoms with van der Waals surface area (Å²) >= 11 is 0. The van der Waals surface area contributed by atoms with Gasteiger partial charge in [0.2, 0.25) is 0 Å². The number of likely N-dealkylation sites (N-methyl/N-ethyl adjacent to an activating group) is 1. The molecule has 0 spiro atoms. The molecule has 5 nitrogen and oxygen atoms in total. The van der Waals surface area contributed by atoms with Crippen molar-refractivity contribution >= 4 is 0 Å². The van der Waals surface area contributed by atoms with Crippen molar-refractivity contribution in [2.24, 2.45) is 0 Å². The summed E-state index contributed by atoms with van der Waals surface area (Å²) in [6.07, 6.45) is 5.42. The first-order valence-corrected chi connectivity index (χ1v) is 6.77. The van der Waals surface area contributed by atoms with E-state index in [1.54, 1.807) is 6.20 Å². The number of hydrogen-bond acceptors (Lipinski definition) is 4. The molecule has 2 rings (SSSR count). The molecule has 0 saturated heterocycles. The van der Waals surface area contributed by atoms with Crippen LogP contribution in [0.4, 0.5) is 0 Å². The molecule has 19 heavy (non-hydrogen) atoms. The zero-order chi connectivity index (χ0) is 13.7. The van der Waals surface area contributed by atoms with Crippen LogP contribution in [-0.2, 0) is 19.4 Å². The van der Waals surface area contributed by atoms with Gasteiger partial charge in [-0.2, -0.15) is 15.3 Å². The SMILES string of the molecule is CCc1cc(CC(NC)c2ccnnc2)n(CC)n1. The first-order chi connectivity index (χ1) is 9.28. The molecule has 0 bridgehead atoms. The molecule has 102 valence electrons. The van der Waals surface area contributed by atoms with E-state index >= 15 is 0 Å². The van der Waals surface area contributed by atoms with Crippen molar-refractivity contribution in [2.75, 3.05) is 7.05 Å². The molecule has 1 atom stereocenters. The molecule has 0 amide bonds. The molecule has 0 aliphatic rings. The third-order valence-electron chi connectivity index (χ3n) is 3.35. The van der Waals surface area contributed by atoms with E-state index in [2.05, 4.69) is 45.2 Å². The Kier molecular flexibility index (Phi) is 4.63. The van der Waals surface area contributed by atoms with Gasteiger partial charge in [-0.05, 0) is 38.1 Å². The van der Waals surface area contributed by atoms with Gasteiger partial charge in [-0.15, -0.1) is 0 Å². The van der Waals surface area contributed by atoms with E-state index in [-0.39, 0.29) is 6.04 Å². The van der Waals surface area contributed by atoms with Gasteiger partial charge >= 0.3 is 0 Å². The second-order valence-corrected chi connectivity index (χ2v) is 4.52. The molecule has 0 aliphatic heterocycles. The van der Waals surface area contributed by atoms with Crippen molar-refractivity contribution in [1.29, 1.82) is 0 Å². The third-order valence-corrected chi connectivity index (χ3v) is 3.35. The van der Waals surface area contributed by atoms with Crippen LogP contribution in [0.2, 0.25) is 0 Å². The summed E-state index contributed by atoms with van der Waals surface area (Å²) in [5.74, 6) is 0. The normalized spacial score (nSPS) is 12.6. The minimum Gasteiger partial charge on any atom is -0.313 e. The molecule has 2 aromatic heterocycles. The summed E-state index contributed by atoms with van der Waals surface area (Å²) in [6.45, 7) is 5.16. The molecule has 1 N–H and O–H groups in total. The van der Waals surface area contributed by atoms with Gasteiger partial charge in [0.25, 0.3) is 0 Å². The summed E-state index contributed by atoms with van der Waals surface area (Å²) in [5, 5.41) is 15.7. The van der Waals surface area contributed by atoms with Gasteiger partial charge in [-0.1, -0.05) is 6.92 Å². The van der Waals surface area contributed by atoms with Crippen molar-refractivity contribution < 1.29 is 0 Å². The summed E-state index contributed by atoms with van der Waals surface area (Å²) < 4.78 is 2.08. The van der Waals surface area contributed by atoms with Crippen molar-refractivity contribution in [1.82, 2.24) is 25.3 Å². The molecule has 0 saturated carbocycles. The highest BCUT2D eigenvalue weighted by Crippen LogP contribution is 2.18. The predicted molar refractivity (Wildman–Crippen MR) is 74.8 cm³/mol. The number of aryl methyl sites for hydroxylation is 2. The fourth-order valence-electron chi connectivity index (χ4n) is 2.23. The van der Waals surface area contributed by atoms with Gasteiger partial charge in [-0.25, -0.2) is 0 Å². The van der Waals surface area contributed by atoms with Crippen LogP contribution in [0, 0.1) is 0 Å². The van der Waals surface area contributed by atoms with E-state index in [1.807, 2.05) is 19.3 Å². The molecular weight excluding hydrogens is 238 g/mol. The second-order valence-electron chi connectivity index (χ2n) is 4.52. The number of rotatable bonds is 6. The Labute approximate surface area is 114 Å². The first kappa shape index (κ1) is 13.7. The van der Waals surface area contributed by atoms with Gasteiger partial charge in [0, 0.05) is 30.9 Å². The van der Waals surface area contributed by atoms with Gasteiger partial charge in [0.05, 0.1) is 11.9 Å². The average molecular weight is 259 g/mol. The largest absolute Gasteiger partial charge is 0.313 e. The number of nitrogens with zero attached hydrogens (tertiary/aromatic N) is 4. The highest BCUT2D eigenvalue weighted by molar-refractivity contribution is 5.18. The van der Waals surface area contributed by atoms with E-state index in [9.17, 15) is 0 Å². The zero-order valence-corrected chi connectivity index (χ0v) is 11.8. The number of nitrogens with one attached hydrogen (secondary N) is 1. The molecule has 0 aliphatic carbocycles. The minimum absolute atomic E-state index is 0.238. The maximum absolute atomic E-state index is 4.59. The Hall–Kier alpha value is -1.75. The van der Waals surface area contributed by atoms with Crippen molar-refractivity contribution in [3.05, 3.63) is 41.5 Å². The first-order valence-electron chi connectivity index (χ1n) is 6.77. The van der Waals surface area contributed by atoms with Gasteiger partial charge in [0.15, 0.2) is 0 Å². The average Bonchev–Trinajstić information content (AvgIpc) is 2.87. The lowest BCUT2D eigenvalue weighted by Crippen LogP contribution is -2.20. The lowest BCUT2D eigenvalue weighted by atomic mass is 10.0. The predicted octanol–water partition coefficient (Wildman–Crippen LogP) is 1.76. The fourth-order valence-corrected chi connectivity index (χ4v) is 2.23. The molecular formula is C14H21N5. The molecule has 0 radical (unpaired) electrons. The van der Waals surface area contributed by atoms with E-state index in [1.165, 1.54) is 5.69 Å². The fraction of sp³-hybridized carbons (Fsp3) is 0.500. The molecule has 0 aromatic carbocycles. The van der Waals surface area contributed by atoms with E-state index in [4.69, 9.17) is 0 Å². The van der Waals surface area contributed by atoms with Crippen LogP contribution < -0.4 is 5.32 Å². The number of aromatic nitrogens is 4. The van der Waals surface area contributed by atoms with Crippen LogP contribution in [0.5, 0.6) is 0 Å². The Morgan fingerprint density at radius 1 is 1.32 bits per heavy atom. The highest BCUT2D eigenvalue weighted by atomic mass is 15.3. The number of hydrogen-bond donors (Lipinski definition) is 1. The summed E-state index contributed by atoms with van der Waals surface area (Å²) in [5.41, 5.74) is 3.56. The van der Waals surface area contributed by atoms with Crippen LogP contribution in [-0.4, -0.2) is 27.0 Å². The Bertz CT molecular complexity index is 506. The summed E-state index contributed by atoms with van der Waals surface area (Å²) in [6, 6.07) is 4.44. The van der Waals surface area contributed by atoms with E-state index in [0.29, 0.717) is 0 Å². The van der Waals surface area contributed by atoms with Crippen molar-refractivity contribution in [3.63, 3.8) is 0 Å². The maximum atomic E-state index is 4.59. The smallest absolute Gasteiger partial charge is 0.0624 e. The standard InChI is InChI=1S/C14H21N5/c1-4-12-8-13(19(5-2)18-12)9-14(15-3)11-6-7-16-17-10-11/h6-8,10,14-15H,4-5,9H2,1-3H3. The van der Waals surface area contributed by atoms with Gasteiger partial charge < -0.3 is 5.32 Å². The van der Waals surface area contributed by atoms with Crippen LogP contribution in [0.25, 0.3) is 0 Å². The molecule has 0 fully saturated rings. The van der Waals surface area contributed by atoms with Crippen LogP contribution in [0.1, 0.15) is 36.8 Å². The lowest BCUT2D eigenvalue weighted by Gasteiger charge is -2.16. The highest BCUT2D eigenvalue weighted by Gasteiger charge is 2.14.